The highest BCUT2D eigenvalue weighted by Crippen LogP contribution is 2.27. The van der Waals surface area contributed by atoms with Crippen molar-refractivity contribution in [3.8, 4) is 0 Å². The number of hydrogen-bond acceptors (Lipinski definition) is 2. The fraction of sp³-hybridized carbons (Fsp3) is 0.444. The molecule has 16 heavy (non-hydrogen) atoms. The first-order valence-corrected chi connectivity index (χ1v) is 7.15. The second kappa shape index (κ2) is 6.86. The second-order valence-corrected chi connectivity index (χ2v) is 5.55. The number of anilines is 1. The topological polar surface area (TPSA) is 16.1 Å². The normalized spacial score (nSPS) is 10.9. The van der Waals surface area contributed by atoms with E-state index in [0.29, 0.717) is 22.2 Å². The SMILES string of the molecule is FC(F)CN(CCBr)c1ncc(Br)cc1Br. The van der Waals surface area contributed by atoms with Crippen molar-refractivity contribution in [2.24, 2.45) is 0 Å². The highest BCUT2D eigenvalue weighted by molar-refractivity contribution is 9.11. The van der Waals surface area contributed by atoms with E-state index in [2.05, 4.69) is 52.8 Å². The van der Waals surface area contributed by atoms with Crippen LogP contribution in [0.5, 0.6) is 0 Å². The van der Waals surface area contributed by atoms with Crippen molar-refractivity contribution in [3.63, 3.8) is 0 Å². The van der Waals surface area contributed by atoms with Gasteiger partial charge in [0, 0.05) is 22.5 Å². The van der Waals surface area contributed by atoms with Crippen molar-refractivity contribution in [2.75, 3.05) is 23.3 Å². The molecule has 0 aliphatic rings. The molecule has 1 rings (SSSR count). The Bertz CT molecular complexity index is 350. The van der Waals surface area contributed by atoms with E-state index in [1.165, 1.54) is 4.90 Å². The second-order valence-electron chi connectivity index (χ2n) is 2.99. The Morgan fingerprint density at radius 3 is 2.56 bits per heavy atom. The largest absolute Gasteiger partial charge is 0.349 e. The van der Waals surface area contributed by atoms with E-state index in [0.717, 1.165) is 4.47 Å². The maximum atomic E-state index is 12.4. The third-order valence-electron chi connectivity index (χ3n) is 1.80. The lowest BCUT2D eigenvalue weighted by molar-refractivity contribution is 0.155. The predicted octanol–water partition coefficient (Wildman–Crippen LogP) is 4.07. The van der Waals surface area contributed by atoms with Crippen molar-refractivity contribution >= 4 is 53.6 Å². The molecule has 0 unspecified atom stereocenters. The summed E-state index contributed by atoms with van der Waals surface area (Å²) in [5, 5.41) is 0.615. The summed E-state index contributed by atoms with van der Waals surface area (Å²) in [6.45, 7) is 0.163. The van der Waals surface area contributed by atoms with Crippen molar-refractivity contribution in [1.29, 1.82) is 0 Å². The first kappa shape index (κ1) is 14.3. The van der Waals surface area contributed by atoms with Crippen LogP contribution in [0, 0.1) is 0 Å². The lowest BCUT2D eigenvalue weighted by Gasteiger charge is -2.23. The minimum atomic E-state index is -2.38. The molecule has 0 fully saturated rings. The average Bonchev–Trinajstić information content (AvgIpc) is 2.16. The maximum absolute atomic E-state index is 12.4. The van der Waals surface area contributed by atoms with Gasteiger partial charge >= 0.3 is 0 Å². The molecule has 0 N–H and O–H groups in total. The van der Waals surface area contributed by atoms with Gasteiger partial charge in [-0.2, -0.15) is 0 Å². The molecule has 0 atom stereocenters. The van der Waals surface area contributed by atoms with Gasteiger partial charge in [-0.1, -0.05) is 15.9 Å². The lowest BCUT2D eigenvalue weighted by atomic mass is 10.4. The number of rotatable bonds is 5. The summed E-state index contributed by atoms with van der Waals surface area (Å²) in [5.41, 5.74) is 0. The number of halogens is 5. The van der Waals surface area contributed by atoms with Gasteiger partial charge in [0.05, 0.1) is 11.0 Å². The van der Waals surface area contributed by atoms with Crippen molar-refractivity contribution in [1.82, 2.24) is 4.98 Å². The van der Waals surface area contributed by atoms with Crippen LogP contribution in [0.3, 0.4) is 0 Å². The molecule has 0 spiro atoms. The molecular weight excluding hydrogens is 414 g/mol. The summed E-state index contributed by atoms with van der Waals surface area (Å²) in [5.74, 6) is 0.531. The molecule has 0 aromatic carbocycles. The van der Waals surface area contributed by atoms with Crippen molar-refractivity contribution in [2.45, 2.75) is 6.43 Å². The van der Waals surface area contributed by atoms with E-state index in [1.807, 2.05) is 0 Å². The van der Waals surface area contributed by atoms with E-state index in [1.54, 1.807) is 12.3 Å². The van der Waals surface area contributed by atoms with Crippen LogP contribution in [0.4, 0.5) is 14.6 Å². The Hall–Kier alpha value is 0.250. The van der Waals surface area contributed by atoms with E-state index < -0.39 is 6.43 Å². The molecule has 0 amide bonds. The molecule has 1 aromatic rings. The minimum Gasteiger partial charge on any atom is -0.349 e. The Morgan fingerprint density at radius 2 is 2.06 bits per heavy atom. The monoisotopic (exact) mass is 420 g/mol. The van der Waals surface area contributed by atoms with E-state index in [9.17, 15) is 8.78 Å². The predicted molar refractivity (Wildman–Crippen MR) is 71.6 cm³/mol. The standard InChI is InChI=1S/C9H9Br3F2N2/c10-1-2-16(5-8(13)14)9-7(12)3-6(11)4-15-9/h3-4,8H,1-2,5H2. The van der Waals surface area contributed by atoms with Gasteiger partial charge in [-0.05, 0) is 37.9 Å². The van der Waals surface area contributed by atoms with Crippen LogP contribution in [0.2, 0.25) is 0 Å². The van der Waals surface area contributed by atoms with Crippen LogP contribution in [0.25, 0.3) is 0 Å². The Labute approximate surface area is 118 Å². The number of alkyl halides is 3. The fourth-order valence-electron chi connectivity index (χ4n) is 1.19. The maximum Gasteiger partial charge on any atom is 0.255 e. The number of nitrogens with zero attached hydrogens (tertiary/aromatic N) is 2. The number of hydrogen-bond donors (Lipinski definition) is 0. The minimum absolute atomic E-state index is 0.321. The number of aromatic nitrogens is 1. The summed E-state index contributed by atoms with van der Waals surface area (Å²) in [6.07, 6.45) is -0.788. The third-order valence-corrected chi connectivity index (χ3v) is 3.17. The summed E-state index contributed by atoms with van der Waals surface area (Å²) in [6, 6.07) is 1.79. The van der Waals surface area contributed by atoms with E-state index in [4.69, 9.17) is 0 Å². The summed E-state index contributed by atoms with van der Waals surface area (Å²) in [4.78, 5) is 5.67. The molecule has 0 saturated heterocycles. The van der Waals surface area contributed by atoms with Crippen LogP contribution >= 0.6 is 47.8 Å². The first-order chi connectivity index (χ1) is 7.54. The zero-order valence-corrected chi connectivity index (χ0v) is 12.9. The van der Waals surface area contributed by atoms with E-state index >= 15 is 0 Å². The lowest BCUT2D eigenvalue weighted by Crippen LogP contribution is -2.31. The van der Waals surface area contributed by atoms with E-state index in [-0.39, 0.29) is 6.54 Å². The van der Waals surface area contributed by atoms with Gasteiger partial charge in [-0.25, -0.2) is 13.8 Å². The van der Waals surface area contributed by atoms with Crippen molar-refractivity contribution < 1.29 is 8.78 Å². The molecule has 1 heterocycles. The zero-order chi connectivity index (χ0) is 12.1. The molecule has 0 saturated carbocycles. The summed E-state index contributed by atoms with van der Waals surface area (Å²) in [7, 11) is 0. The average molecular weight is 423 g/mol. The van der Waals surface area contributed by atoms with Gasteiger partial charge in [0.25, 0.3) is 6.43 Å². The zero-order valence-electron chi connectivity index (χ0n) is 8.14. The van der Waals surface area contributed by atoms with Crippen LogP contribution in [-0.4, -0.2) is 29.8 Å². The smallest absolute Gasteiger partial charge is 0.255 e. The van der Waals surface area contributed by atoms with Gasteiger partial charge in [0.1, 0.15) is 5.82 Å². The molecule has 7 heteroatoms. The van der Waals surface area contributed by atoms with Crippen LogP contribution in [-0.2, 0) is 0 Å². The van der Waals surface area contributed by atoms with Crippen LogP contribution in [0.1, 0.15) is 0 Å². The molecule has 2 nitrogen and oxygen atoms in total. The quantitative estimate of drug-likeness (QED) is 0.665. The molecule has 90 valence electrons. The van der Waals surface area contributed by atoms with Gasteiger partial charge in [-0.15, -0.1) is 0 Å². The molecular formula is C9H9Br3F2N2. The molecule has 0 aliphatic heterocycles. The Balaban J connectivity index is 2.91. The third kappa shape index (κ3) is 4.25. The van der Waals surface area contributed by atoms with Crippen LogP contribution in [0.15, 0.2) is 21.2 Å². The fourth-order valence-corrected chi connectivity index (χ4v) is 2.86. The molecule has 1 aromatic heterocycles. The highest BCUT2D eigenvalue weighted by Gasteiger charge is 2.16. The van der Waals surface area contributed by atoms with Gasteiger partial charge in [0.2, 0.25) is 0 Å². The highest BCUT2D eigenvalue weighted by atomic mass is 79.9. The molecule has 0 bridgehead atoms. The van der Waals surface area contributed by atoms with Gasteiger partial charge < -0.3 is 4.90 Å². The van der Waals surface area contributed by atoms with Crippen molar-refractivity contribution in [3.05, 3.63) is 21.2 Å². The Morgan fingerprint density at radius 1 is 1.38 bits per heavy atom. The summed E-state index contributed by atoms with van der Waals surface area (Å²) < 4.78 is 26.3. The molecule has 0 aliphatic carbocycles. The Kier molecular flexibility index (Phi) is 6.13. The summed E-state index contributed by atoms with van der Waals surface area (Å²) >= 11 is 9.82. The van der Waals surface area contributed by atoms with Crippen LogP contribution < -0.4 is 4.90 Å². The first-order valence-electron chi connectivity index (χ1n) is 4.44. The molecule has 0 radical (unpaired) electrons. The van der Waals surface area contributed by atoms with Gasteiger partial charge in [-0.3, -0.25) is 0 Å². The number of pyridine rings is 1. The van der Waals surface area contributed by atoms with Gasteiger partial charge in [0.15, 0.2) is 0 Å².